The van der Waals surface area contributed by atoms with Crippen LogP contribution in [0.25, 0.3) is 12.2 Å². The van der Waals surface area contributed by atoms with Crippen molar-refractivity contribution in [1.29, 1.82) is 0 Å². The van der Waals surface area contributed by atoms with Crippen LogP contribution in [0.2, 0.25) is 0 Å². The maximum atomic E-state index is 4.33. The molecule has 1 aliphatic carbocycles. The van der Waals surface area contributed by atoms with Crippen LogP contribution >= 0.6 is 0 Å². The van der Waals surface area contributed by atoms with E-state index in [-0.39, 0.29) is 0 Å². The molecule has 1 heteroatoms. The molecular weight excluding hydrogens is 134 g/mol. The summed E-state index contributed by atoms with van der Waals surface area (Å²) < 4.78 is 0. The Balaban J connectivity index is 2.95. The topological polar surface area (TPSA) is 12.9 Å². The van der Waals surface area contributed by atoms with E-state index >= 15 is 0 Å². The van der Waals surface area contributed by atoms with Gasteiger partial charge in [-0.05, 0) is 36.6 Å². The lowest BCUT2D eigenvalue weighted by atomic mass is 10.1. The second-order valence-corrected chi connectivity index (χ2v) is 3.01. The van der Waals surface area contributed by atoms with Crippen molar-refractivity contribution in [2.75, 3.05) is 0 Å². The zero-order valence-corrected chi connectivity index (χ0v) is 6.89. The van der Waals surface area contributed by atoms with E-state index in [1.807, 2.05) is 6.20 Å². The molecule has 0 saturated carbocycles. The number of hydrogen-bond acceptors (Lipinski definition) is 1. The summed E-state index contributed by atoms with van der Waals surface area (Å²) in [6.45, 7) is 4.26. The minimum absolute atomic E-state index is 1.05. The molecule has 0 fully saturated rings. The Kier molecular flexibility index (Phi) is 1.31. The van der Waals surface area contributed by atoms with Crippen LogP contribution in [-0.2, 0) is 0 Å². The molecule has 0 aromatic carbocycles. The molecule has 56 valence electrons. The van der Waals surface area contributed by atoms with E-state index < -0.39 is 0 Å². The quantitative estimate of drug-likeness (QED) is 0.522. The van der Waals surface area contributed by atoms with E-state index in [0.717, 1.165) is 11.8 Å². The summed E-state index contributed by atoms with van der Waals surface area (Å²) in [5.74, 6) is 0. The third kappa shape index (κ3) is 0.881. The van der Waals surface area contributed by atoms with Gasteiger partial charge < -0.3 is 0 Å². The first-order valence-electron chi connectivity index (χ1n) is 3.91. The van der Waals surface area contributed by atoms with Crippen LogP contribution < -0.4 is 10.6 Å². The molecular formula is C10H11N. The summed E-state index contributed by atoms with van der Waals surface area (Å²) in [6, 6.07) is 0. The van der Waals surface area contributed by atoms with Gasteiger partial charge in [0.2, 0.25) is 0 Å². The fourth-order valence-corrected chi connectivity index (χ4v) is 1.45. The van der Waals surface area contributed by atoms with Crippen molar-refractivity contribution in [3.05, 3.63) is 27.9 Å². The SMILES string of the molecule is Cc1cnc2c(c1C)=CCC=2. The van der Waals surface area contributed by atoms with Crippen molar-refractivity contribution >= 4 is 12.2 Å². The highest BCUT2D eigenvalue weighted by molar-refractivity contribution is 5.47. The van der Waals surface area contributed by atoms with E-state index in [4.69, 9.17) is 0 Å². The van der Waals surface area contributed by atoms with Gasteiger partial charge in [-0.15, -0.1) is 0 Å². The first kappa shape index (κ1) is 6.59. The zero-order valence-electron chi connectivity index (χ0n) is 6.89. The van der Waals surface area contributed by atoms with Crippen LogP contribution in [0.3, 0.4) is 0 Å². The molecule has 1 heterocycles. The first-order valence-corrected chi connectivity index (χ1v) is 3.91. The van der Waals surface area contributed by atoms with E-state index in [9.17, 15) is 0 Å². The monoisotopic (exact) mass is 145 g/mol. The van der Waals surface area contributed by atoms with Crippen LogP contribution in [0.1, 0.15) is 17.5 Å². The summed E-state index contributed by atoms with van der Waals surface area (Å²) in [4.78, 5) is 4.33. The molecule has 1 aromatic rings. The molecule has 1 nitrogen and oxygen atoms in total. The number of fused-ring (bicyclic) bond motifs is 1. The zero-order chi connectivity index (χ0) is 7.84. The van der Waals surface area contributed by atoms with Gasteiger partial charge in [0.25, 0.3) is 0 Å². The predicted molar refractivity (Wildman–Crippen MR) is 46.5 cm³/mol. The fourth-order valence-electron chi connectivity index (χ4n) is 1.45. The highest BCUT2D eigenvalue weighted by atomic mass is 14.6. The van der Waals surface area contributed by atoms with Crippen molar-refractivity contribution in [3.8, 4) is 0 Å². The van der Waals surface area contributed by atoms with E-state index in [0.29, 0.717) is 0 Å². The minimum atomic E-state index is 1.05. The van der Waals surface area contributed by atoms with Gasteiger partial charge in [0.05, 0.1) is 5.35 Å². The smallest absolute Gasteiger partial charge is 0.0665 e. The Bertz CT molecular complexity index is 402. The van der Waals surface area contributed by atoms with Crippen LogP contribution in [0.15, 0.2) is 6.20 Å². The molecule has 0 amide bonds. The average molecular weight is 145 g/mol. The summed E-state index contributed by atoms with van der Waals surface area (Å²) in [5, 5.41) is 2.50. The summed E-state index contributed by atoms with van der Waals surface area (Å²) >= 11 is 0. The molecule has 2 rings (SSSR count). The van der Waals surface area contributed by atoms with Crippen molar-refractivity contribution in [2.24, 2.45) is 0 Å². The predicted octanol–water partition coefficient (Wildman–Crippen LogP) is 0.663. The molecule has 0 spiro atoms. The average Bonchev–Trinajstić information content (AvgIpc) is 2.45. The second kappa shape index (κ2) is 2.19. The van der Waals surface area contributed by atoms with E-state index in [1.54, 1.807) is 0 Å². The standard InChI is InChI=1S/C10H11N/c1-7-6-11-10-5-3-4-9(10)8(7)2/h4-6H,3H2,1-2H3. The highest BCUT2D eigenvalue weighted by Gasteiger charge is 1.99. The van der Waals surface area contributed by atoms with Crippen molar-refractivity contribution in [3.63, 3.8) is 0 Å². The van der Waals surface area contributed by atoms with Gasteiger partial charge >= 0.3 is 0 Å². The van der Waals surface area contributed by atoms with Gasteiger partial charge in [-0.25, -0.2) is 0 Å². The van der Waals surface area contributed by atoms with Crippen LogP contribution in [0.4, 0.5) is 0 Å². The molecule has 1 aromatic heterocycles. The molecule has 0 unspecified atom stereocenters. The number of pyridine rings is 1. The lowest BCUT2D eigenvalue weighted by molar-refractivity contribution is 1.14. The van der Waals surface area contributed by atoms with Gasteiger partial charge in [-0.3, -0.25) is 4.98 Å². The fraction of sp³-hybridized carbons (Fsp3) is 0.300. The minimum Gasteiger partial charge on any atom is -0.256 e. The van der Waals surface area contributed by atoms with Crippen molar-refractivity contribution < 1.29 is 0 Å². The molecule has 0 radical (unpaired) electrons. The van der Waals surface area contributed by atoms with Gasteiger partial charge in [0.1, 0.15) is 0 Å². The Hall–Kier alpha value is -1.11. The lowest BCUT2D eigenvalue weighted by Gasteiger charge is -1.97. The Morgan fingerprint density at radius 1 is 1.27 bits per heavy atom. The van der Waals surface area contributed by atoms with E-state index in [2.05, 4.69) is 31.0 Å². The van der Waals surface area contributed by atoms with Crippen molar-refractivity contribution in [1.82, 2.24) is 4.98 Å². The van der Waals surface area contributed by atoms with Crippen LogP contribution in [-0.4, -0.2) is 4.98 Å². The summed E-state index contributed by atoms with van der Waals surface area (Å²) in [7, 11) is 0. The summed E-state index contributed by atoms with van der Waals surface area (Å²) in [6.07, 6.45) is 7.41. The molecule has 0 atom stereocenters. The third-order valence-corrected chi connectivity index (χ3v) is 2.30. The second-order valence-electron chi connectivity index (χ2n) is 3.01. The lowest BCUT2D eigenvalue weighted by Crippen LogP contribution is -2.28. The molecule has 0 bridgehead atoms. The maximum Gasteiger partial charge on any atom is 0.0665 e. The number of nitrogens with zero attached hydrogens (tertiary/aromatic N) is 1. The van der Waals surface area contributed by atoms with Crippen molar-refractivity contribution in [2.45, 2.75) is 20.3 Å². The number of hydrogen-bond donors (Lipinski definition) is 0. The number of aryl methyl sites for hydroxylation is 1. The van der Waals surface area contributed by atoms with E-state index in [1.165, 1.54) is 16.3 Å². The van der Waals surface area contributed by atoms with Gasteiger partial charge in [0, 0.05) is 6.20 Å². The maximum absolute atomic E-state index is 4.33. The molecule has 11 heavy (non-hydrogen) atoms. The summed E-state index contributed by atoms with van der Waals surface area (Å²) in [5.41, 5.74) is 2.67. The van der Waals surface area contributed by atoms with Crippen LogP contribution in [0, 0.1) is 13.8 Å². The first-order chi connectivity index (χ1) is 5.29. The third-order valence-electron chi connectivity index (χ3n) is 2.30. The number of aromatic nitrogens is 1. The Labute approximate surface area is 66.1 Å². The highest BCUT2D eigenvalue weighted by Crippen LogP contribution is 1.97. The molecule has 0 aliphatic heterocycles. The van der Waals surface area contributed by atoms with Crippen LogP contribution in [0.5, 0.6) is 0 Å². The normalized spacial score (nSPS) is 13.6. The Morgan fingerprint density at radius 2 is 2.09 bits per heavy atom. The largest absolute Gasteiger partial charge is 0.256 e. The molecule has 0 saturated heterocycles. The number of rotatable bonds is 0. The van der Waals surface area contributed by atoms with Gasteiger partial charge in [0.15, 0.2) is 0 Å². The van der Waals surface area contributed by atoms with Gasteiger partial charge in [-0.1, -0.05) is 12.2 Å². The molecule has 1 aliphatic rings. The molecule has 0 N–H and O–H groups in total. The Morgan fingerprint density at radius 3 is 2.91 bits per heavy atom. The van der Waals surface area contributed by atoms with Gasteiger partial charge in [-0.2, -0.15) is 0 Å².